The molecule has 1 fully saturated rings. The van der Waals surface area contributed by atoms with Crippen LogP contribution in [0.2, 0.25) is 0 Å². The lowest BCUT2D eigenvalue weighted by Crippen LogP contribution is -2.33. The Labute approximate surface area is 100 Å². The summed E-state index contributed by atoms with van der Waals surface area (Å²) in [4.78, 5) is 14.1. The van der Waals surface area contributed by atoms with Crippen LogP contribution in [-0.4, -0.2) is 11.2 Å². The molecule has 0 atom stereocenters. The predicted octanol–water partition coefficient (Wildman–Crippen LogP) is 3.01. The van der Waals surface area contributed by atoms with Crippen molar-refractivity contribution in [3.8, 4) is 5.75 Å². The topological polar surface area (TPSA) is 49.7 Å². The number of benzene rings is 1. The normalized spacial score (nSPS) is 17.4. The Balaban J connectivity index is 2.62. The molecule has 1 aliphatic carbocycles. The van der Waals surface area contributed by atoms with E-state index in [0.29, 0.717) is 17.3 Å². The van der Waals surface area contributed by atoms with Gasteiger partial charge in [-0.25, -0.2) is 9.18 Å². The lowest BCUT2D eigenvalue weighted by molar-refractivity contribution is 0.238. The molecule has 84 valence electrons. The summed E-state index contributed by atoms with van der Waals surface area (Å²) in [5, 5.41) is 9.83. The molecule has 0 radical (unpaired) electrons. The number of carbonyl (C=O) groups excluding carboxylic acids is 1. The van der Waals surface area contributed by atoms with Crippen LogP contribution in [0.4, 0.5) is 4.39 Å². The minimum Gasteiger partial charge on any atom is -0.506 e. The first-order chi connectivity index (χ1) is 7.60. The van der Waals surface area contributed by atoms with Crippen molar-refractivity contribution in [1.29, 1.82) is 0 Å². The molecule has 0 saturated heterocycles. The van der Waals surface area contributed by atoms with Gasteiger partial charge in [-0.05, 0) is 47.3 Å². The fraction of sp³-hybridized carbons (Fsp3) is 0.364. The van der Waals surface area contributed by atoms with Gasteiger partial charge in [-0.3, -0.25) is 0 Å². The van der Waals surface area contributed by atoms with Crippen molar-refractivity contribution in [2.45, 2.75) is 24.8 Å². The molecule has 1 saturated carbocycles. The first-order valence-corrected chi connectivity index (χ1v) is 5.66. The highest BCUT2D eigenvalue weighted by molar-refractivity contribution is 9.10. The van der Waals surface area contributed by atoms with Crippen LogP contribution in [0.15, 0.2) is 21.6 Å². The van der Waals surface area contributed by atoms with E-state index in [1.165, 1.54) is 18.2 Å². The molecule has 0 bridgehead atoms. The van der Waals surface area contributed by atoms with Gasteiger partial charge in [-0.1, -0.05) is 0 Å². The van der Waals surface area contributed by atoms with Crippen molar-refractivity contribution >= 4 is 22.0 Å². The monoisotopic (exact) mass is 285 g/mol. The largest absolute Gasteiger partial charge is 0.506 e. The van der Waals surface area contributed by atoms with E-state index in [0.717, 1.165) is 6.42 Å². The third-order valence-corrected chi connectivity index (χ3v) is 3.62. The number of hydrogen-bond donors (Lipinski definition) is 1. The summed E-state index contributed by atoms with van der Waals surface area (Å²) in [6.07, 6.45) is 3.44. The molecule has 5 heteroatoms. The van der Waals surface area contributed by atoms with E-state index in [4.69, 9.17) is 0 Å². The highest BCUT2D eigenvalue weighted by Gasteiger charge is 2.43. The van der Waals surface area contributed by atoms with Crippen molar-refractivity contribution in [2.24, 2.45) is 4.99 Å². The van der Waals surface area contributed by atoms with Crippen molar-refractivity contribution < 1.29 is 14.3 Å². The highest BCUT2D eigenvalue weighted by atomic mass is 79.9. The van der Waals surface area contributed by atoms with E-state index in [9.17, 15) is 14.3 Å². The van der Waals surface area contributed by atoms with Gasteiger partial charge in [0.2, 0.25) is 6.08 Å². The van der Waals surface area contributed by atoms with E-state index in [1.54, 1.807) is 0 Å². The molecule has 0 aromatic heterocycles. The summed E-state index contributed by atoms with van der Waals surface area (Å²) in [6.45, 7) is 0. The summed E-state index contributed by atoms with van der Waals surface area (Å²) >= 11 is 3.12. The number of phenolic OH excluding ortho intramolecular Hbond substituents is 1. The number of halogens is 2. The standard InChI is InChI=1S/C11H9BrFNO2/c12-7-2-3-8(13)9(10(7)16)11(14-6-15)4-1-5-11/h2-3,16H,1,4-5H2. The number of aromatic hydroxyl groups is 1. The van der Waals surface area contributed by atoms with Gasteiger partial charge in [0, 0.05) is 0 Å². The van der Waals surface area contributed by atoms with Gasteiger partial charge in [0.05, 0.1) is 10.0 Å². The van der Waals surface area contributed by atoms with Crippen LogP contribution in [-0.2, 0) is 10.3 Å². The van der Waals surface area contributed by atoms with Crippen molar-refractivity contribution in [2.75, 3.05) is 0 Å². The Morgan fingerprint density at radius 2 is 2.19 bits per heavy atom. The lowest BCUT2D eigenvalue weighted by atomic mass is 9.72. The fourth-order valence-corrected chi connectivity index (χ4v) is 2.33. The molecular formula is C11H9BrFNO2. The second-order valence-corrected chi connectivity index (χ2v) is 4.70. The van der Waals surface area contributed by atoms with Crippen LogP contribution in [0.1, 0.15) is 24.8 Å². The number of rotatable bonds is 2. The first kappa shape index (κ1) is 11.3. The van der Waals surface area contributed by atoms with Crippen LogP contribution in [0.5, 0.6) is 5.75 Å². The van der Waals surface area contributed by atoms with E-state index in [2.05, 4.69) is 20.9 Å². The third kappa shape index (κ3) is 1.56. The Morgan fingerprint density at radius 1 is 1.50 bits per heavy atom. The van der Waals surface area contributed by atoms with Gasteiger partial charge in [-0.2, -0.15) is 4.99 Å². The van der Waals surface area contributed by atoms with Crippen molar-refractivity contribution in [1.82, 2.24) is 0 Å². The molecule has 1 N–H and O–H groups in total. The second kappa shape index (κ2) is 4.00. The number of aliphatic imine (C=N–C) groups is 1. The van der Waals surface area contributed by atoms with Gasteiger partial charge in [0.25, 0.3) is 0 Å². The smallest absolute Gasteiger partial charge is 0.235 e. The van der Waals surface area contributed by atoms with Gasteiger partial charge < -0.3 is 5.11 Å². The maximum atomic E-state index is 13.7. The Bertz CT molecular complexity index is 479. The molecular weight excluding hydrogens is 277 g/mol. The van der Waals surface area contributed by atoms with Gasteiger partial charge >= 0.3 is 0 Å². The maximum Gasteiger partial charge on any atom is 0.235 e. The van der Waals surface area contributed by atoms with Crippen LogP contribution >= 0.6 is 15.9 Å². The lowest BCUT2D eigenvalue weighted by Gasteiger charge is -2.37. The zero-order valence-corrected chi connectivity index (χ0v) is 9.92. The molecule has 1 aromatic carbocycles. The zero-order chi connectivity index (χ0) is 11.8. The van der Waals surface area contributed by atoms with E-state index < -0.39 is 11.4 Å². The quantitative estimate of drug-likeness (QED) is 0.671. The summed E-state index contributed by atoms with van der Waals surface area (Å²) in [5.74, 6) is -0.724. The van der Waals surface area contributed by atoms with Crippen LogP contribution in [0.3, 0.4) is 0 Å². The molecule has 0 amide bonds. The minimum atomic E-state index is -0.917. The van der Waals surface area contributed by atoms with Crippen molar-refractivity contribution in [3.63, 3.8) is 0 Å². The Morgan fingerprint density at radius 3 is 2.69 bits per heavy atom. The van der Waals surface area contributed by atoms with Gasteiger partial charge in [-0.15, -0.1) is 0 Å². The highest BCUT2D eigenvalue weighted by Crippen LogP contribution is 2.50. The van der Waals surface area contributed by atoms with E-state index >= 15 is 0 Å². The molecule has 0 heterocycles. The molecule has 0 spiro atoms. The average Bonchev–Trinajstić information content (AvgIpc) is 2.20. The molecule has 0 aliphatic heterocycles. The molecule has 3 nitrogen and oxygen atoms in total. The first-order valence-electron chi connectivity index (χ1n) is 4.87. The second-order valence-electron chi connectivity index (χ2n) is 3.84. The number of nitrogens with zero attached hydrogens (tertiary/aromatic N) is 1. The average molecular weight is 286 g/mol. The van der Waals surface area contributed by atoms with Crippen LogP contribution in [0.25, 0.3) is 0 Å². The summed E-state index contributed by atoms with van der Waals surface area (Å²) in [6, 6.07) is 2.67. The SMILES string of the molecule is O=C=NC1(c2c(F)ccc(Br)c2O)CCC1. The summed E-state index contributed by atoms with van der Waals surface area (Å²) in [5.41, 5.74) is -0.823. The summed E-state index contributed by atoms with van der Waals surface area (Å²) in [7, 11) is 0. The van der Waals surface area contributed by atoms with Crippen LogP contribution < -0.4 is 0 Å². The Kier molecular flexibility index (Phi) is 2.82. The molecule has 16 heavy (non-hydrogen) atoms. The third-order valence-electron chi connectivity index (χ3n) is 2.98. The molecule has 2 rings (SSSR count). The molecule has 1 aromatic rings. The summed E-state index contributed by atoms with van der Waals surface area (Å²) < 4.78 is 14.1. The van der Waals surface area contributed by atoms with Crippen molar-refractivity contribution in [3.05, 3.63) is 28.0 Å². The van der Waals surface area contributed by atoms with E-state index in [-0.39, 0.29) is 11.3 Å². The zero-order valence-electron chi connectivity index (χ0n) is 8.33. The van der Waals surface area contributed by atoms with Crippen LogP contribution in [0, 0.1) is 5.82 Å². The minimum absolute atomic E-state index is 0.0940. The van der Waals surface area contributed by atoms with Gasteiger partial charge in [0.15, 0.2) is 0 Å². The number of hydrogen-bond acceptors (Lipinski definition) is 3. The number of phenols is 1. The number of isocyanates is 1. The molecule has 0 unspecified atom stereocenters. The van der Waals surface area contributed by atoms with E-state index in [1.807, 2.05) is 0 Å². The predicted molar refractivity (Wildman–Crippen MR) is 59.4 cm³/mol. The Hall–Kier alpha value is -1.19. The fourth-order valence-electron chi connectivity index (χ4n) is 2.00. The maximum absolute atomic E-state index is 13.7. The van der Waals surface area contributed by atoms with Gasteiger partial charge in [0.1, 0.15) is 17.1 Å². The molecule has 1 aliphatic rings.